The van der Waals surface area contributed by atoms with Gasteiger partial charge in [-0.25, -0.2) is 0 Å². The molecule has 3 nitrogen and oxygen atoms in total. The first-order valence-electron chi connectivity index (χ1n) is 7.74. The average Bonchev–Trinajstić information content (AvgIpc) is 3.27. The lowest BCUT2D eigenvalue weighted by molar-refractivity contribution is -0.133. The third kappa shape index (κ3) is 4.41. The maximum Gasteiger partial charge on any atom is 0.223 e. The fraction of sp³-hybridized carbons (Fsp3) is 0.471. The van der Waals surface area contributed by atoms with Crippen molar-refractivity contribution in [3.63, 3.8) is 0 Å². The summed E-state index contributed by atoms with van der Waals surface area (Å²) in [5.41, 5.74) is 1.26. The van der Waals surface area contributed by atoms with Crippen LogP contribution in [0.3, 0.4) is 0 Å². The Kier molecular flexibility index (Phi) is 5.64. The zero-order chi connectivity index (χ0) is 15.2. The van der Waals surface area contributed by atoms with Gasteiger partial charge >= 0.3 is 0 Å². The zero-order valence-electron chi connectivity index (χ0n) is 12.6. The van der Waals surface area contributed by atoms with Crippen molar-refractivity contribution in [2.75, 3.05) is 13.2 Å². The number of hydrogen-bond donors (Lipinski definition) is 0. The molecule has 0 aromatic carbocycles. The molecule has 0 spiro atoms. The number of rotatable bonds is 7. The highest BCUT2D eigenvalue weighted by molar-refractivity contribution is 7.09. The van der Waals surface area contributed by atoms with Gasteiger partial charge in [0.15, 0.2) is 0 Å². The molecule has 1 unspecified atom stereocenters. The highest BCUT2D eigenvalue weighted by Crippen LogP contribution is 2.18. The van der Waals surface area contributed by atoms with E-state index < -0.39 is 0 Å². The van der Waals surface area contributed by atoms with E-state index in [9.17, 15) is 4.79 Å². The van der Waals surface area contributed by atoms with Gasteiger partial charge in [-0.05, 0) is 53.1 Å². The Balaban J connectivity index is 1.59. The zero-order valence-corrected chi connectivity index (χ0v) is 14.2. The summed E-state index contributed by atoms with van der Waals surface area (Å²) < 4.78 is 5.71. The molecule has 0 saturated carbocycles. The molecule has 22 heavy (non-hydrogen) atoms. The van der Waals surface area contributed by atoms with Crippen LogP contribution in [0.1, 0.15) is 29.7 Å². The highest BCUT2D eigenvalue weighted by Gasteiger charge is 2.22. The molecule has 3 heterocycles. The topological polar surface area (TPSA) is 29.5 Å². The molecule has 1 saturated heterocycles. The number of hydrogen-bond acceptors (Lipinski definition) is 4. The van der Waals surface area contributed by atoms with Crippen LogP contribution in [0.4, 0.5) is 0 Å². The molecular formula is C17H21NO2S2. The van der Waals surface area contributed by atoms with Crippen molar-refractivity contribution >= 4 is 28.6 Å². The van der Waals surface area contributed by atoms with Crippen LogP contribution in [-0.4, -0.2) is 30.1 Å². The monoisotopic (exact) mass is 335 g/mol. The van der Waals surface area contributed by atoms with Gasteiger partial charge in [0.2, 0.25) is 5.91 Å². The summed E-state index contributed by atoms with van der Waals surface area (Å²) in [5.74, 6) is 0.232. The Bertz CT molecular complexity index is 560. The van der Waals surface area contributed by atoms with Crippen molar-refractivity contribution in [1.29, 1.82) is 0 Å². The summed E-state index contributed by atoms with van der Waals surface area (Å²) >= 11 is 3.40. The molecule has 2 aromatic rings. The maximum absolute atomic E-state index is 12.6. The number of amides is 1. The molecule has 3 rings (SSSR count). The second-order valence-electron chi connectivity index (χ2n) is 5.62. The van der Waals surface area contributed by atoms with E-state index in [4.69, 9.17) is 4.74 Å². The third-order valence-electron chi connectivity index (χ3n) is 3.94. The molecule has 5 heteroatoms. The molecule has 118 valence electrons. The van der Waals surface area contributed by atoms with E-state index in [2.05, 4.69) is 28.3 Å². The van der Waals surface area contributed by atoms with Gasteiger partial charge in [0.1, 0.15) is 0 Å². The van der Waals surface area contributed by atoms with E-state index in [1.165, 1.54) is 10.4 Å². The van der Waals surface area contributed by atoms with Crippen LogP contribution in [0.15, 0.2) is 34.3 Å². The summed E-state index contributed by atoms with van der Waals surface area (Å²) in [4.78, 5) is 15.8. The molecule has 1 atom stereocenters. The van der Waals surface area contributed by atoms with Crippen molar-refractivity contribution in [1.82, 2.24) is 4.90 Å². The Labute approximate surface area is 139 Å². The highest BCUT2D eigenvalue weighted by atomic mass is 32.1. The first-order chi connectivity index (χ1) is 10.8. The standard InChI is InChI=1S/C17H21NO2S2/c19-17(6-5-14-7-10-21-13-14)18(11-15-3-1-8-20-15)12-16-4-2-9-22-16/h2,4,7,9-10,13,15H,1,3,5-6,8,11-12H2. The largest absolute Gasteiger partial charge is 0.376 e. The van der Waals surface area contributed by atoms with Gasteiger partial charge in [-0.15, -0.1) is 11.3 Å². The Morgan fingerprint density at radius 1 is 1.36 bits per heavy atom. The number of ether oxygens (including phenoxy) is 1. The summed E-state index contributed by atoms with van der Waals surface area (Å²) in [5, 5.41) is 6.25. The molecule has 1 amide bonds. The minimum absolute atomic E-state index is 0.213. The molecule has 0 bridgehead atoms. The van der Waals surface area contributed by atoms with Crippen LogP contribution >= 0.6 is 22.7 Å². The first-order valence-corrected chi connectivity index (χ1v) is 9.56. The van der Waals surface area contributed by atoms with Crippen molar-refractivity contribution in [2.24, 2.45) is 0 Å². The normalized spacial score (nSPS) is 17.7. The molecule has 1 aliphatic heterocycles. The minimum atomic E-state index is 0.213. The average molecular weight is 335 g/mol. The number of thiophene rings is 2. The predicted octanol–water partition coefficient (Wildman–Crippen LogP) is 3.95. The Morgan fingerprint density at radius 3 is 3.00 bits per heavy atom. The van der Waals surface area contributed by atoms with Crippen LogP contribution in [-0.2, 0) is 22.5 Å². The van der Waals surface area contributed by atoms with Crippen LogP contribution in [0.2, 0.25) is 0 Å². The fourth-order valence-corrected chi connectivity index (χ4v) is 4.15. The van der Waals surface area contributed by atoms with Crippen molar-refractivity contribution < 1.29 is 9.53 Å². The fourth-order valence-electron chi connectivity index (χ4n) is 2.72. The van der Waals surface area contributed by atoms with Gasteiger partial charge in [-0.2, -0.15) is 11.3 Å². The number of nitrogens with zero attached hydrogens (tertiary/aromatic N) is 1. The number of carbonyl (C=O) groups is 1. The lowest BCUT2D eigenvalue weighted by atomic mass is 10.1. The van der Waals surface area contributed by atoms with E-state index in [0.29, 0.717) is 13.0 Å². The van der Waals surface area contributed by atoms with Gasteiger partial charge in [0, 0.05) is 24.4 Å². The molecule has 2 aromatic heterocycles. The van der Waals surface area contributed by atoms with Gasteiger partial charge in [0.25, 0.3) is 0 Å². The van der Waals surface area contributed by atoms with Crippen molar-refractivity contribution in [2.45, 2.75) is 38.3 Å². The van der Waals surface area contributed by atoms with Crippen molar-refractivity contribution in [3.8, 4) is 0 Å². The second-order valence-corrected chi connectivity index (χ2v) is 7.43. The summed E-state index contributed by atoms with van der Waals surface area (Å²) in [6.07, 6.45) is 3.80. The number of carbonyl (C=O) groups excluding carboxylic acids is 1. The molecule has 0 N–H and O–H groups in total. The molecular weight excluding hydrogens is 314 g/mol. The molecule has 1 fully saturated rings. The molecule has 0 aliphatic carbocycles. The molecule has 1 aliphatic rings. The Morgan fingerprint density at radius 2 is 2.32 bits per heavy atom. The molecule has 0 radical (unpaired) electrons. The van der Waals surface area contributed by atoms with Crippen LogP contribution in [0.5, 0.6) is 0 Å². The summed E-state index contributed by atoms with van der Waals surface area (Å²) in [6, 6.07) is 6.24. The minimum Gasteiger partial charge on any atom is -0.376 e. The van der Waals surface area contributed by atoms with E-state index >= 15 is 0 Å². The second kappa shape index (κ2) is 7.90. The van der Waals surface area contributed by atoms with E-state index in [-0.39, 0.29) is 12.0 Å². The van der Waals surface area contributed by atoms with Gasteiger partial charge in [-0.3, -0.25) is 4.79 Å². The van der Waals surface area contributed by atoms with Gasteiger partial charge in [0.05, 0.1) is 12.6 Å². The van der Waals surface area contributed by atoms with Crippen LogP contribution in [0.25, 0.3) is 0 Å². The quantitative estimate of drug-likeness (QED) is 0.767. The lowest BCUT2D eigenvalue weighted by Crippen LogP contribution is -2.36. The Hall–Kier alpha value is -1.17. The smallest absolute Gasteiger partial charge is 0.223 e. The van der Waals surface area contributed by atoms with Crippen LogP contribution < -0.4 is 0 Å². The first kappa shape index (κ1) is 15.7. The van der Waals surface area contributed by atoms with E-state index in [0.717, 1.165) is 32.4 Å². The third-order valence-corrected chi connectivity index (χ3v) is 5.53. The summed E-state index contributed by atoms with van der Waals surface area (Å²) in [6.45, 7) is 2.26. The lowest BCUT2D eigenvalue weighted by Gasteiger charge is -2.25. The van der Waals surface area contributed by atoms with E-state index in [1.807, 2.05) is 11.0 Å². The SMILES string of the molecule is O=C(CCc1ccsc1)N(Cc1cccs1)CC1CCCO1. The predicted molar refractivity (Wildman–Crippen MR) is 91.4 cm³/mol. The number of aryl methyl sites for hydroxylation is 1. The summed E-state index contributed by atoms with van der Waals surface area (Å²) in [7, 11) is 0. The van der Waals surface area contributed by atoms with Crippen molar-refractivity contribution in [3.05, 3.63) is 44.8 Å². The van der Waals surface area contributed by atoms with Gasteiger partial charge in [-0.1, -0.05) is 6.07 Å². The van der Waals surface area contributed by atoms with Crippen LogP contribution in [0, 0.1) is 0 Å². The maximum atomic E-state index is 12.6. The van der Waals surface area contributed by atoms with Gasteiger partial charge < -0.3 is 9.64 Å². The van der Waals surface area contributed by atoms with E-state index in [1.54, 1.807) is 22.7 Å².